The van der Waals surface area contributed by atoms with Gasteiger partial charge >= 0.3 is 25.7 Å². The molecule has 3 atom stereocenters. The van der Waals surface area contributed by atoms with Crippen LogP contribution < -0.4 is 0 Å². The molecule has 0 amide bonds. The molecule has 0 aromatic heterocycles. The van der Waals surface area contributed by atoms with Crippen molar-refractivity contribution in [2.45, 2.75) is 251 Å². The van der Waals surface area contributed by atoms with Crippen molar-refractivity contribution < 1.29 is 52.2 Å². The maximum absolute atomic E-state index is 12.9. The second-order valence-electron chi connectivity index (χ2n) is 19.1. The number of carbonyl (C=O) groups is 3. The number of carbonyl (C=O) groups excluding carboxylic acids is 3. The van der Waals surface area contributed by atoms with E-state index in [1.807, 2.05) is 0 Å². The lowest BCUT2D eigenvalue weighted by Gasteiger charge is -2.21. The Kier molecular flexibility index (Phi) is 52.9. The SMILES string of the molecule is CC/C=C\C/C=C\C/C=C\C/C=C\C/C=C\CCCCCC(=O)OCC(COP(=O)(O)OCC(CO)OC(=O)CCCCCCC/C=C\CCCC)OC(=O)CCCCCCCCC/C=C\C/C=C\CCCCC. The molecular formula is C62H105O11P. The van der Waals surface area contributed by atoms with Gasteiger partial charge in [0.2, 0.25) is 0 Å². The summed E-state index contributed by atoms with van der Waals surface area (Å²) < 4.78 is 39.5. The standard InChI is InChI=1S/C62H105O11P/c1-4-7-10-13-16-19-22-24-26-28-29-31-32-34-37-39-42-45-48-51-60(64)69-55-59(73-62(66)53-50-47-44-41-38-35-33-30-27-25-23-20-17-14-11-8-5-2)57-71-74(67,68)70-56-58(54-63)72-61(65)52-49-46-43-40-36-21-18-15-12-9-6-3/h7,10,15-20,24-27,29,31,34,37,58-59,63H,4-6,8-9,11-14,21-23,28,30,32-33,35-36,38-57H2,1-3H3,(H,67,68)/b10-7-,18-15-,19-16-,20-17-,26-24-,27-25-,31-29-,37-34-. The average Bonchev–Trinajstić information content (AvgIpc) is 3.39. The number of hydrogen-bond donors (Lipinski definition) is 2. The van der Waals surface area contributed by atoms with Gasteiger partial charge in [-0.3, -0.25) is 23.4 Å². The van der Waals surface area contributed by atoms with Crippen molar-refractivity contribution in [3.8, 4) is 0 Å². The highest BCUT2D eigenvalue weighted by atomic mass is 31.2. The number of esters is 3. The second kappa shape index (κ2) is 55.6. The summed E-state index contributed by atoms with van der Waals surface area (Å²) in [5.41, 5.74) is 0. The van der Waals surface area contributed by atoms with Crippen molar-refractivity contribution in [2.75, 3.05) is 26.4 Å². The molecule has 0 aliphatic carbocycles. The van der Waals surface area contributed by atoms with E-state index < -0.39 is 57.8 Å². The molecule has 0 aliphatic heterocycles. The van der Waals surface area contributed by atoms with E-state index in [-0.39, 0.29) is 25.9 Å². The third-order valence-electron chi connectivity index (χ3n) is 12.0. The third-order valence-corrected chi connectivity index (χ3v) is 12.9. The summed E-state index contributed by atoms with van der Waals surface area (Å²) in [4.78, 5) is 48.5. The smallest absolute Gasteiger partial charge is 0.462 e. The molecule has 0 radical (unpaired) electrons. The first kappa shape index (κ1) is 70.4. The summed E-state index contributed by atoms with van der Waals surface area (Å²) in [5.74, 6) is -1.53. The van der Waals surface area contributed by atoms with Gasteiger partial charge in [-0.2, -0.15) is 0 Å². The highest BCUT2D eigenvalue weighted by Crippen LogP contribution is 2.43. The zero-order valence-electron chi connectivity index (χ0n) is 46.8. The van der Waals surface area contributed by atoms with E-state index in [9.17, 15) is 28.9 Å². The minimum atomic E-state index is -4.76. The van der Waals surface area contributed by atoms with Crippen LogP contribution in [0.1, 0.15) is 239 Å². The minimum Gasteiger partial charge on any atom is -0.462 e. The Morgan fingerprint density at radius 1 is 0.392 bits per heavy atom. The van der Waals surface area contributed by atoms with Gasteiger partial charge in [-0.1, -0.05) is 201 Å². The summed E-state index contributed by atoms with van der Waals surface area (Å²) >= 11 is 0. The van der Waals surface area contributed by atoms with E-state index in [2.05, 4.69) is 118 Å². The molecule has 0 saturated carbocycles. The van der Waals surface area contributed by atoms with Gasteiger partial charge in [0.25, 0.3) is 0 Å². The average molecular weight is 1060 g/mol. The number of hydrogen-bond acceptors (Lipinski definition) is 10. The van der Waals surface area contributed by atoms with E-state index in [1.165, 1.54) is 51.4 Å². The Balaban J connectivity index is 4.81. The molecule has 0 rings (SSSR count). The lowest BCUT2D eigenvalue weighted by molar-refractivity contribution is -0.161. The van der Waals surface area contributed by atoms with Gasteiger partial charge in [-0.15, -0.1) is 0 Å². The molecule has 0 aromatic rings. The van der Waals surface area contributed by atoms with Crippen molar-refractivity contribution in [2.24, 2.45) is 0 Å². The van der Waals surface area contributed by atoms with Gasteiger partial charge in [0.15, 0.2) is 6.10 Å². The minimum absolute atomic E-state index is 0.147. The Hall–Kier alpha value is -3.60. The molecule has 74 heavy (non-hydrogen) atoms. The molecule has 12 heteroatoms. The number of phosphoric acid groups is 1. The van der Waals surface area contributed by atoms with Crippen LogP contribution in [0.25, 0.3) is 0 Å². The van der Waals surface area contributed by atoms with E-state index in [4.69, 9.17) is 23.3 Å². The van der Waals surface area contributed by atoms with Crippen LogP contribution in [0.3, 0.4) is 0 Å². The fourth-order valence-corrected chi connectivity index (χ4v) is 8.29. The van der Waals surface area contributed by atoms with E-state index in [0.717, 1.165) is 128 Å². The Morgan fingerprint density at radius 3 is 1.15 bits per heavy atom. The number of unbranched alkanes of at least 4 members (excludes halogenated alkanes) is 20. The van der Waals surface area contributed by atoms with Crippen molar-refractivity contribution in [1.82, 2.24) is 0 Å². The topological polar surface area (TPSA) is 155 Å². The number of phosphoric ester groups is 1. The van der Waals surface area contributed by atoms with Crippen molar-refractivity contribution >= 4 is 25.7 Å². The number of allylic oxidation sites excluding steroid dienone is 16. The Bertz CT molecular complexity index is 1610. The number of rotatable bonds is 53. The number of aliphatic hydroxyl groups is 1. The lowest BCUT2D eigenvalue weighted by atomic mass is 10.1. The van der Waals surface area contributed by atoms with E-state index >= 15 is 0 Å². The van der Waals surface area contributed by atoms with Crippen LogP contribution in [0.15, 0.2) is 97.2 Å². The maximum atomic E-state index is 12.9. The van der Waals surface area contributed by atoms with E-state index in [0.29, 0.717) is 19.3 Å². The van der Waals surface area contributed by atoms with Crippen molar-refractivity contribution in [3.63, 3.8) is 0 Å². The van der Waals surface area contributed by atoms with E-state index in [1.54, 1.807) is 0 Å². The Labute approximate surface area is 451 Å². The molecular weight excluding hydrogens is 952 g/mol. The van der Waals surface area contributed by atoms with Gasteiger partial charge in [0, 0.05) is 19.3 Å². The van der Waals surface area contributed by atoms with Crippen LogP contribution in [0.2, 0.25) is 0 Å². The van der Waals surface area contributed by atoms with Gasteiger partial charge in [0.1, 0.15) is 12.7 Å². The van der Waals surface area contributed by atoms with Crippen molar-refractivity contribution in [1.29, 1.82) is 0 Å². The van der Waals surface area contributed by atoms with Crippen LogP contribution in [-0.4, -0.2) is 66.5 Å². The fraction of sp³-hybridized carbons (Fsp3) is 0.694. The molecule has 0 spiro atoms. The molecule has 424 valence electrons. The predicted molar refractivity (Wildman–Crippen MR) is 307 cm³/mol. The molecule has 3 unspecified atom stereocenters. The zero-order valence-corrected chi connectivity index (χ0v) is 47.7. The first-order chi connectivity index (χ1) is 36.2. The van der Waals surface area contributed by atoms with Crippen LogP contribution in [0, 0.1) is 0 Å². The molecule has 0 bridgehead atoms. The van der Waals surface area contributed by atoms with Crippen molar-refractivity contribution in [3.05, 3.63) is 97.2 Å². The van der Waals surface area contributed by atoms with Gasteiger partial charge < -0.3 is 24.2 Å². The lowest BCUT2D eigenvalue weighted by Crippen LogP contribution is -2.30. The highest BCUT2D eigenvalue weighted by molar-refractivity contribution is 7.47. The summed E-state index contributed by atoms with van der Waals surface area (Å²) in [5, 5.41) is 9.79. The van der Waals surface area contributed by atoms with Crippen LogP contribution in [0.4, 0.5) is 0 Å². The summed E-state index contributed by atoms with van der Waals surface area (Å²) in [7, 11) is -4.76. The predicted octanol–water partition coefficient (Wildman–Crippen LogP) is 17.3. The van der Waals surface area contributed by atoms with Crippen LogP contribution >= 0.6 is 7.82 Å². The first-order valence-electron chi connectivity index (χ1n) is 29.1. The van der Waals surface area contributed by atoms with Crippen LogP contribution in [-0.2, 0) is 42.2 Å². The van der Waals surface area contributed by atoms with Crippen LogP contribution in [0.5, 0.6) is 0 Å². The number of ether oxygens (including phenoxy) is 3. The summed E-state index contributed by atoms with van der Waals surface area (Å²) in [6.07, 6.45) is 65.1. The second-order valence-corrected chi connectivity index (χ2v) is 20.5. The molecule has 0 fully saturated rings. The fourth-order valence-electron chi connectivity index (χ4n) is 7.51. The highest BCUT2D eigenvalue weighted by Gasteiger charge is 2.28. The molecule has 2 N–H and O–H groups in total. The number of aliphatic hydroxyl groups excluding tert-OH is 1. The molecule has 0 aromatic carbocycles. The summed E-state index contributed by atoms with van der Waals surface area (Å²) in [6, 6.07) is 0. The largest absolute Gasteiger partial charge is 0.472 e. The first-order valence-corrected chi connectivity index (χ1v) is 30.6. The van der Waals surface area contributed by atoms with Gasteiger partial charge in [0.05, 0.1) is 19.8 Å². The molecule has 0 heterocycles. The quantitative estimate of drug-likeness (QED) is 0.0197. The zero-order chi connectivity index (χ0) is 54.1. The normalized spacial score (nSPS) is 14.1. The molecule has 0 saturated heterocycles. The monoisotopic (exact) mass is 1060 g/mol. The Morgan fingerprint density at radius 2 is 0.716 bits per heavy atom. The molecule has 11 nitrogen and oxygen atoms in total. The molecule has 0 aliphatic rings. The maximum Gasteiger partial charge on any atom is 0.472 e. The van der Waals surface area contributed by atoms with Gasteiger partial charge in [-0.05, 0) is 116 Å². The van der Waals surface area contributed by atoms with Gasteiger partial charge in [-0.25, -0.2) is 4.57 Å². The third kappa shape index (κ3) is 53.2. The summed E-state index contributed by atoms with van der Waals surface area (Å²) in [6.45, 7) is 4.41.